The van der Waals surface area contributed by atoms with Crippen molar-refractivity contribution in [2.45, 2.75) is 50.2 Å². The van der Waals surface area contributed by atoms with Crippen LogP contribution in [0.4, 0.5) is 5.69 Å². The normalized spacial score (nSPS) is 25.4. The monoisotopic (exact) mass is 261 g/mol. The molecule has 19 heavy (non-hydrogen) atoms. The Morgan fingerprint density at radius 1 is 1.21 bits per heavy atom. The smallest absolute Gasteiger partial charge is 0.119 e. The molecule has 0 amide bonds. The molecule has 1 aromatic rings. The van der Waals surface area contributed by atoms with Crippen molar-refractivity contribution in [1.29, 1.82) is 0 Å². The predicted molar refractivity (Wildman–Crippen MR) is 76.8 cm³/mol. The van der Waals surface area contributed by atoms with Crippen LogP contribution < -0.4 is 10.1 Å². The van der Waals surface area contributed by atoms with Crippen molar-refractivity contribution in [3.05, 3.63) is 24.3 Å². The van der Waals surface area contributed by atoms with Gasteiger partial charge in [-0.3, -0.25) is 0 Å². The molecule has 1 aliphatic carbocycles. The van der Waals surface area contributed by atoms with Gasteiger partial charge in [0.15, 0.2) is 0 Å². The van der Waals surface area contributed by atoms with E-state index in [1.807, 2.05) is 12.1 Å². The molecule has 1 spiro atoms. The van der Waals surface area contributed by atoms with Gasteiger partial charge in [0.25, 0.3) is 0 Å². The number of anilines is 1. The summed E-state index contributed by atoms with van der Waals surface area (Å²) in [5, 5.41) is 3.65. The molecule has 3 heteroatoms. The molecule has 3 rings (SSSR count). The van der Waals surface area contributed by atoms with E-state index in [9.17, 15) is 0 Å². The fourth-order valence-corrected chi connectivity index (χ4v) is 3.44. The Morgan fingerprint density at radius 2 is 1.95 bits per heavy atom. The van der Waals surface area contributed by atoms with Gasteiger partial charge in [-0.25, -0.2) is 0 Å². The third-order valence-corrected chi connectivity index (χ3v) is 4.47. The molecule has 1 heterocycles. The predicted octanol–water partition coefficient (Wildman–Crippen LogP) is 3.60. The number of hydrogen-bond donors (Lipinski definition) is 1. The van der Waals surface area contributed by atoms with Gasteiger partial charge in [0, 0.05) is 18.3 Å². The van der Waals surface area contributed by atoms with Crippen molar-refractivity contribution >= 4 is 5.69 Å². The highest BCUT2D eigenvalue weighted by Gasteiger charge is 2.39. The molecule has 104 valence electrons. The second kappa shape index (κ2) is 5.41. The van der Waals surface area contributed by atoms with Crippen LogP contribution in [0.5, 0.6) is 5.75 Å². The molecule has 1 aliphatic heterocycles. The molecule has 3 nitrogen and oxygen atoms in total. The molecular formula is C16H23NO2. The van der Waals surface area contributed by atoms with Gasteiger partial charge in [-0.15, -0.1) is 0 Å². The Balaban J connectivity index is 1.62. The van der Waals surface area contributed by atoms with Crippen molar-refractivity contribution in [3.63, 3.8) is 0 Å². The van der Waals surface area contributed by atoms with Gasteiger partial charge in [0.2, 0.25) is 0 Å². The topological polar surface area (TPSA) is 30.5 Å². The lowest BCUT2D eigenvalue weighted by Gasteiger charge is -2.39. The summed E-state index contributed by atoms with van der Waals surface area (Å²) in [6.45, 7) is 0.897. The maximum absolute atomic E-state index is 6.07. The van der Waals surface area contributed by atoms with E-state index in [2.05, 4.69) is 17.4 Å². The number of rotatable bonds is 3. The molecule has 1 saturated carbocycles. The average Bonchev–Trinajstić information content (AvgIpc) is 2.88. The van der Waals surface area contributed by atoms with Crippen molar-refractivity contribution in [2.75, 3.05) is 19.0 Å². The van der Waals surface area contributed by atoms with Crippen LogP contribution in [0.3, 0.4) is 0 Å². The van der Waals surface area contributed by atoms with E-state index in [1.54, 1.807) is 7.11 Å². The summed E-state index contributed by atoms with van der Waals surface area (Å²) in [4.78, 5) is 0. The zero-order valence-corrected chi connectivity index (χ0v) is 11.7. The molecule has 0 aromatic heterocycles. The number of ether oxygens (including phenoxy) is 2. The minimum atomic E-state index is 0.183. The standard InChI is InChI=1S/C16H23NO2/c1-18-15-6-4-13(5-7-15)17-14-8-11-19-16(12-14)9-2-3-10-16/h4-7,14,17H,2-3,8-12H2,1H3. The molecule has 1 N–H and O–H groups in total. The number of benzene rings is 1. The lowest BCUT2D eigenvalue weighted by Crippen LogP contribution is -2.42. The highest BCUT2D eigenvalue weighted by Crippen LogP contribution is 2.40. The Labute approximate surface area is 115 Å². The molecule has 0 bridgehead atoms. The zero-order chi connectivity index (χ0) is 13.1. The molecule has 1 atom stereocenters. The highest BCUT2D eigenvalue weighted by molar-refractivity contribution is 5.47. The van der Waals surface area contributed by atoms with Gasteiger partial charge in [0.1, 0.15) is 5.75 Å². The Morgan fingerprint density at radius 3 is 2.63 bits per heavy atom. The number of methoxy groups -OCH3 is 1. The SMILES string of the molecule is COc1ccc(NC2CCOC3(CCCC3)C2)cc1. The third-order valence-electron chi connectivity index (χ3n) is 4.47. The summed E-state index contributed by atoms with van der Waals surface area (Å²) in [5.41, 5.74) is 1.36. The molecule has 1 unspecified atom stereocenters. The van der Waals surface area contributed by atoms with Crippen LogP contribution in [0.25, 0.3) is 0 Å². The number of hydrogen-bond acceptors (Lipinski definition) is 3. The van der Waals surface area contributed by atoms with Gasteiger partial charge in [-0.05, 0) is 49.9 Å². The van der Waals surface area contributed by atoms with Crippen LogP contribution in [0, 0.1) is 0 Å². The first kappa shape index (κ1) is 12.8. The second-order valence-corrected chi connectivity index (χ2v) is 5.80. The van der Waals surface area contributed by atoms with Crippen molar-refractivity contribution < 1.29 is 9.47 Å². The summed E-state index contributed by atoms with van der Waals surface area (Å²) in [6.07, 6.45) is 7.40. The first-order valence-corrected chi connectivity index (χ1v) is 7.34. The zero-order valence-electron chi connectivity index (χ0n) is 11.7. The Kier molecular flexibility index (Phi) is 3.65. The van der Waals surface area contributed by atoms with Crippen molar-refractivity contribution in [1.82, 2.24) is 0 Å². The van der Waals surface area contributed by atoms with Gasteiger partial charge in [0.05, 0.1) is 12.7 Å². The fraction of sp³-hybridized carbons (Fsp3) is 0.625. The Bertz CT molecular complexity index is 409. The average molecular weight is 261 g/mol. The van der Waals surface area contributed by atoms with Gasteiger partial charge in [-0.1, -0.05) is 12.8 Å². The van der Waals surface area contributed by atoms with Crippen LogP contribution in [0.15, 0.2) is 24.3 Å². The summed E-state index contributed by atoms with van der Waals surface area (Å²) in [7, 11) is 1.70. The lowest BCUT2D eigenvalue weighted by atomic mass is 9.89. The van der Waals surface area contributed by atoms with Crippen molar-refractivity contribution in [3.8, 4) is 5.75 Å². The minimum Gasteiger partial charge on any atom is -0.497 e. The summed E-state index contributed by atoms with van der Waals surface area (Å²) in [5.74, 6) is 0.907. The minimum absolute atomic E-state index is 0.183. The number of nitrogens with one attached hydrogen (secondary N) is 1. The molecule has 2 fully saturated rings. The van der Waals surface area contributed by atoms with E-state index >= 15 is 0 Å². The van der Waals surface area contributed by atoms with E-state index in [-0.39, 0.29) is 5.60 Å². The van der Waals surface area contributed by atoms with Crippen LogP contribution in [-0.2, 0) is 4.74 Å². The van der Waals surface area contributed by atoms with E-state index in [0.717, 1.165) is 25.2 Å². The molecule has 0 radical (unpaired) electrons. The molecule has 2 aliphatic rings. The quantitative estimate of drug-likeness (QED) is 0.901. The maximum atomic E-state index is 6.07. The van der Waals surface area contributed by atoms with Crippen LogP contribution in [0.2, 0.25) is 0 Å². The lowest BCUT2D eigenvalue weighted by molar-refractivity contribution is -0.0767. The third kappa shape index (κ3) is 2.86. The largest absolute Gasteiger partial charge is 0.497 e. The van der Waals surface area contributed by atoms with Crippen LogP contribution in [-0.4, -0.2) is 25.4 Å². The maximum Gasteiger partial charge on any atom is 0.119 e. The fourth-order valence-electron chi connectivity index (χ4n) is 3.44. The molecular weight excluding hydrogens is 238 g/mol. The highest BCUT2D eigenvalue weighted by atomic mass is 16.5. The van der Waals surface area contributed by atoms with Gasteiger partial charge >= 0.3 is 0 Å². The molecule has 1 saturated heterocycles. The molecule has 1 aromatic carbocycles. The summed E-state index contributed by atoms with van der Waals surface area (Å²) in [6, 6.07) is 8.74. The van der Waals surface area contributed by atoms with E-state index < -0.39 is 0 Å². The summed E-state index contributed by atoms with van der Waals surface area (Å²) >= 11 is 0. The van der Waals surface area contributed by atoms with Crippen molar-refractivity contribution in [2.24, 2.45) is 0 Å². The summed E-state index contributed by atoms with van der Waals surface area (Å²) < 4.78 is 11.3. The first-order valence-electron chi connectivity index (χ1n) is 7.34. The Hall–Kier alpha value is -1.22. The van der Waals surface area contributed by atoms with Gasteiger partial charge < -0.3 is 14.8 Å². The van der Waals surface area contributed by atoms with E-state index in [1.165, 1.54) is 31.4 Å². The first-order chi connectivity index (χ1) is 9.30. The van der Waals surface area contributed by atoms with Crippen LogP contribution >= 0.6 is 0 Å². The van der Waals surface area contributed by atoms with Crippen LogP contribution in [0.1, 0.15) is 38.5 Å². The second-order valence-electron chi connectivity index (χ2n) is 5.80. The van der Waals surface area contributed by atoms with E-state index in [0.29, 0.717) is 6.04 Å². The van der Waals surface area contributed by atoms with Gasteiger partial charge in [-0.2, -0.15) is 0 Å². The van der Waals surface area contributed by atoms with E-state index in [4.69, 9.17) is 9.47 Å².